The van der Waals surface area contributed by atoms with Crippen LogP contribution in [0, 0.1) is 41.5 Å². The van der Waals surface area contributed by atoms with Crippen LogP contribution in [0.1, 0.15) is 115 Å². The number of benzene rings is 6. The van der Waals surface area contributed by atoms with Gasteiger partial charge >= 0.3 is 6.98 Å². The maximum absolute atomic E-state index is 2.69. The van der Waals surface area contributed by atoms with Crippen molar-refractivity contribution in [3.05, 3.63) is 196 Å². The third kappa shape index (κ3) is 6.24. The van der Waals surface area contributed by atoms with E-state index in [2.05, 4.69) is 256 Å². The Morgan fingerprint density at radius 2 is 1.12 bits per heavy atom. The fraction of sp³-hybridized carbons (Fsp3) is 0.319. The van der Waals surface area contributed by atoms with Crippen LogP contribution in [-0.4, -0.2) is 27.6 Å². The Hall–Kier alpha value is -7.45. The molecule has 2 aliphatic carbocycles. The topological polar surface area (TPSA) is 29.1 Å². The predicted octanol–water partition coefficient (Wildman–Crippen LogP) is 13.1. The summed E-state index contributed by atoms with van der Waals surface area (Å²) in [6, 6.07) is 42.9. The maximum atomic E-state index is 2.69. The Morgan fingerprint density at radius 3 is 1.87 bits per heavy atom. The fourth-order valence-electron chi connectivity index (χ4n) is 16.8. The highest BCUT2D eigenvalue weighted by Gasteiger charge is 2.63. The van der Waals surface area contributed by atoms with Gasteiger partial charge in [-0.05, 0) is 132 Å². The summed E-state index contributed by atoms with van der Waals surface area (Å²) in [6.45, 7) is 18.3. The first-order chi connectivity index (χ1) is 37.1. The Kier molecular flexibility index (Phi) is 10.5. The van der Waals surface area contributed by atoms with Crippen LogP contribution in [0.4, 0.5) is 5.69 Å². The minimum Gasteiger partial charge on any atom is -0.372 e. The van der Waals surface area contributed by atoms with E-state index >= 15 is 0 Å². The summed E-state index contributed by atoms with van der Waals surface area (Å²) in [7, 11) is 8.77. The molecule has 3 aliphatic heterocycles. The second kappa shape index (κ2) is 16.8. The van der Waals surface area contributed by atoms with Crippen LogP contribution in [0.15, 0.2) is 140 Å². The molecule has 16 rings (SSSR count). The zero-order valence-corrected chi connectivity index (χ0v) is 47.4. The summed E-state index contributed by atoms with van der Waals surface area (Å²) in [5.74, 6) is 2.58. The Balaban J connectivity index is 0.000000106. The van der Waals surface area contributed by atoms with E-state index in [4.69, 9.17) is 0 Å². The summed E-state index contributed by atoms with van der Waals surface area (Å²) in [5.41, 5.74) is 24.5. The van der Waals surface area contributed by atoms with Gasteiger partial charge in [0.2, 0.25) is 0 Å². The smallest absolute Gasteiger partial charge is 0.372 e. The molecule has 0 saturated heterocycles. The molecule has 5 aliphatic rings. The molecular weight excluding hydrogens is 938 g/mol. The Labute approximate surface area is 454 Å². The SMILES string of the molecule is Cc1cc[n+](C)c2c1C(C)(C)c1cccc3c4cccc(C)c4n-2c13.Cc1cccc(C)c1B1N(C)c2cccc(C)c2-c2n(C)cc[n+]21.Cc1cccc2c3cccc4c3n3c(c[n+](C)c3c12)C12CCCCC41CCC2. The van der Waals surface area contributed by atoms with E-state index < -0.39 is 0 Å². The summed E-state index contributed by atoms with van der Waals surface area (Å²) in [5, 5.41) is 7.00. The number of hydrogen-bond donors (Lipinski definition) is 0. The molecule has 0 bridgehead atoms. The first kappa shape index (κ1) is 48.0. The lowest BCUT2D eigenvalue weighted by atomic mass is 9.52. The van der Waals surface area contributed by atoms with Crippen LogP contribution >= 0.6 is 0 Å². The normalized spacial score (nSPS) is 19.2. The standard InChI is InChI=1S/C26H27N2.C23H23N2.C20H23BN3/c1-17-8-5-9-18-19-10-6-11-20-23(19)28-21(16-27(2)24(28)22(17)18)26-13-4-3-12-25(20,26)14-7-15-26;1-14-12-13-24(5)22-19(14)23(3,4)18-11-7-10-17-16-9-6-8-15(2)20(16)25(22)21(17)18;1-14-8-7-11-17-18(14)20-22(4)12-13-24(20)21(23(17)5)19-15(2)9-6-10-16(19)3/h5-6,8-11,16H,3-4,7,12-15H2,1-2H3;6-13H,1-5H3;6-13H,1-5H3/q3*+1. The summed E-state index contributed by atoms with van der Waals surface area (Å²) < 4.78 is 14.5. The molecule has 2 atom stereocenters. The van der Waals surface area contributed by atoms with Gasteiger partial charge < -0.3 is 4.81 Å². The van der Waals surface area contributed by atoms with Crippen molar-refractivity contribution in [3.8, 4) is 17.2 Å². The van der Waals surface area contributed by atoms with E-state index in [1.54, 1.807) is 11.3 Å². The quantitative estimate of drug-likeness (QED) is 0.0915. The summed E-state index contributed by atoms with van der Waals surface area (Å²) >= 11 is 0. The average Bonchev–Trinajstić information content (AvgIpc) is 4.36. The van der Waals surface area contributed by atoms with Gasteiger partial charge in [-0.25, -0.2) is 13.7 Å². The number of hydrogen-bond acceptors (Lipinski definition) is 1. The second-order valence-corrected chi connectivity index (χ2v) is 24.5. The fourth-order valence-corrected chi connectivity index (χ4v) is 16.8. The van der Waals surface area contributed by atoms with Crippen LogP contribution in [-0.2, 0) is 37.4 Å². The van der Waals surface area contributed by atoms with Crippen molar-refractivity contribution < 1.29 is 13.6 Å². The van der Waals surface area contributed by atoms with Crippen LogP contribution in [0.3, 0.4) is 0 Å². The first-order valence-electron chi connectivity index (χ1n) is 28.5. The predicted molar refractivity (Wildman–Crippen MR) is 318 cm³/mol. The third-order valence-corrected chi connectivity index (χ3v) is 20.1. The number of nitrogens with zero attached hydrogens (tertiary/aromatic N) is 7. The molecule has 11 aromatic rings. The van der Waals surface area contributed by atoms with Gasteiger partial charge in [0.25, 0.3) is 17.3 Å². The lowest BCUT2D eigenvalue weighted by Gasteiger charge is -2.50. The summed E-state index contributed by atoms with van der Waals surface area (Å²) in [4.78, 5) is 2.41. The van der Waals surface area contributed by atoms with E-state index in [1.165, 1.54) is 167 Å². The number of aryl methyl sites for hydroxylation is 9. The van der Waals surface area contributed by atoms with E-state index in [0.717, 1.165) is 0 Å². The Bertz CT molecular complexity index is 4320. The molecule has 0 N–H and O–H groups in total. The minimum atomic E-state index is -0.0176. The molecule has 77 heavy (non-hydrogen) atoms. The van der Waals surface area contributed by atoms with E-state index in [0.29, 0.717) is 10.8 Å². The third-order valence-electron chi connectivity index (χ3n) is 20.1. The van der Waals surface area contributed by atoms with Crippen molar-refractivity contribution in [1.29, 1.82) is 0 Å². The molecule has 7 nitrogen and oxygen atoms in total. The van der Waals surface area contributed by atoms with E-state index in [1.807, 2.05) is 0 Å². The van der Waals surface area contributed by atoms with Crippen LogP contribution < -0.4 is 23.9 Å². The molecule has 6 aromatic carbocycles. The van der Waals surface area contributed by atoms with Crippen LogP contribution in [0.2, 0.25) is 0 Å². The first-order valence-corrected chi connectivity index (χ1v) is 28.5. The van der Waals surface area contributed by atoms with Gasteiger partial charge in [-0.15, -0.1) is 0 Å². The molecule has 8 heterocycles. The number of pyridine rings is 2. The molecule has 2 fully saturated rings. The van der Waals surface area contributed by atoms with Gasteiger partial charge in [0, 0.05) is 60.1 Å². The lowest BCUT2D eigenvalue weighted by molar-refractivity contribution is -0.666. The van der Waals surface area contributed by atoms with Crippen LogP contribution in [0.5, 0.6) is 0 Å². The van der Waals surface area contributed by atoms with Crippen molar-refractivity contribution in [1.82, 2.24) is 13.5 Å². The second-order valence-electron chi connectivity index (χ2n) is 24.5. The molecule has 384 valence electrons. The minimum absolute atomic E-state index is 0.0176. The van der Waals surface area contributed by atoms with Crippen molar-refractivity contribution in [2.75, 3.05) is 11.9 Å². The zero-order chi connectivity index (χ0) is 53.2. The van der Waals surface area contributed by atoms with Gasteiger partial charge in [0.1, 0.15) is 35.1 Å². The molecule has 0 spiro atoms. The van der Waals surface area contributed by atoms with E-state index in [9.17, 15) is 0 Å². The summed E-state index contributed by atoms with van der Waals surface area (Å²) in [6.07, 6.45) is 18.7. The number of para-hydroxylation sites is 3. The average molecular weight is 1010 g/mol. The highest BCUT2D eigenvalue weighted by Crippen LogP contribution is 2.65. The van der Waals surface area contributed by atoms with Gasteiger partial charge in [0.15, 0.2) is 5.69 Å². The number of imidazole rings is 2. The highest BCUT2D eigenvalue weighted by atomic mass is 15.2. The molecule has 0 amide bonds. The van der Waals surface area contributed by atoms with Crippen molar-refractivity contribution in [2.45, 2.75) is 117 Å². The molecule has 2 unspecified atom stereocenters. The number of fused-ring (bicyclic) bond motifs is 11. The molecule has 5 aromatic heterocycles. The van der Waals surface area contributed by atoms with Gasteiger partial charge in [-0.3, -0.25) is 4.48 Å². The molecule has 0 radical (unpaired) electrons. The zero-order valence-electron chi connectivity index (χ0n) is 47.4. The number of rotatable bonds is 1. The largest absolute Gasteiger partial charge is 0.537 e. The van der Waals surface area contributed by atoms with Gasteiger partial charge in [0.05, 0.1) is 43.9 Å². The van der Waals surface area contributed by atoms with Gasteiger partial charge in [-0.1, -0.05) is 124 Å². The maximum Gasteiger partial charge on any atom is 0.537 e. The molecule has 2 saturated carbocycles. The van der Waals surface area contributed by atoms with Crippen molar-refractivity contribution >= 4 is 67.3 Å². The van der Waals surface area contributed by atoms with Crippen molar-refractivity contribution in [2.24, 2.45) is 21.1 Å². The van der Waals surface area contributed by atoms with Crippen molar-refractivity contribution in [3.63, 3.8) is 0 Å². The highest BCUT2D eigenvalue weighted by molar-refractivity contribution is 6.70. The number of aromatic nitrogens is 6. The Morgan fingerprint density at radius 1 is 0.532 bits per heavy atom. The van der Waals surface area contributed by atoms with Gasteiger partial charge in [-0.2, -0.15) is 8.97 Å². The van der Waals surface area contributed by atoms with E-state index in [-0.39, 0.29) is 12.4 Å². The lowest BCUT2D eigenvalue weighted by Crippen LogP contribution is -2.70. The number of anilines is 1. The molecule has 8 heteroatoms. The van der Waals surface area contributed by atoms with Crippen LogP contribution in [0.25, 0.3) is 66.3 Å². The monoisotopic (exact) mass is 1010 g/mol. The molecular formula is C69H73BN7+3.